The molecule has 31 heavy (non-hydrogen) atoms. The molecule has 6 nitrogen and oxygen atoms in total. The molecule has 0 amide bonds. The fourth-order valence-electron chi connectivity index (χ4n) is 3.44. The lowest BCUT2D eigenvalue weighted by Crippen LogP contribution is -2.02. The van der Waals surface area contributed by atoms with E-state index in [0.29, 0.717) is 24.6 Å². The Balaban J connectivity index is 1.66. The van der Waals surface area contributed by atoms with E-state index in [9.17, 15) is 10.4 Å². The normalized spacial score (nSPS) is 12.1. The van der Waals surface area contributed by atoms with Gasteiger partial charge in [0.05, 0.1) is 24.6 Å². The Kier molecular flexibility index (Phi) is 11.0. The van der Waals surface area contributed by atoms with Crippen LogP contribution in [0.15, 0.2) is 58.8 Å². The van der Waals surface area contributed by atoms with Crippen LogP contribution in [0.25, 0.3) is 0 Å². The molecule has 2 aromatic carbocycles. The molecule has 0 atom stereocenters. The van der Waals surface area contributed by atoms with E-state index in [0.717, 1.165) is 67.6 Å². The van der Waals surface area contributed by atoms with Gasteiger partial charge in [-0.1, -0.05) is 29.6 Å². The van der Waals surface area contributed by atoms with E-state index in [1.807, 2.05) is 62.4 Å². The van der Waals surface area contributed by atoms with E-state index >= 15 is 0 Å². The average Bonchev–Trinajstić information content (AvgIpc) is 2.80. The summed E-state index contributed by atoms with van der Waals surface area (Å²) in [6, 6.07) is 15.3. The fourth-order valence-corrected chi connectivity index (χ4v) is 3.44. The molecular weight excluding hydrogens is 392 g/mol. The van der Waals surface area contributed by atoms with Crippen LogP contribution < -0.4 is 9.47 Å². The largest absolute Gasteiger partial charge is 0.494 e. The van der Waals surface area contributed by atoms with Crippen molar-refractivity contribution >= 4 is 11.4 Å². The third-order valence-electron chi connectivity index (χ3n) is 5.07. The third-order valence-corrected chi connectivity index (χ3v) is 5.07. The van der Waals surface area contributed by atoms with E-state index in [-0.39, 0.29) is 0 Å². The topological polar surface area (TPSA) is 83.6 Å². The zero-order valence-electron chi connectivity index (χ0n) is 18.6. The summed E-state index contributed by atoms with van der Waals surface area (Å²) in [6.45, 7) is 5.16. The first kappa shape index (κ1) is 24.3. The summed E-state index contributed by atoms with van der Waals surface area (Å²) >= 11 is 0. The lowest BCUT2D eigenvalue weighted by atomic mass is 10.0. The van der Waals surface area contributed by atoms with Gasteiger partial charge in [-0.05, 0) is 99.2 Å². The number of hydrogen-bond donors (Lipinski definition) is 2. The van der Waals surface area contributed by atoms with Crippen molar-refractivity contribution in [1.29, 1.82) is 0 Å². The molecule has 0 saturated carbocycles. The maximum atomic E-state index is 9.35. The van der Waals surface area contributed by atoms with E-state index in [1.54, 1.807) is 0 Å². The van der Waals surface area contributed by atoms with Gasteiger partial charge in [-0.15, -0.1) is 0 Å². The van der Waals surface area contributed by atoms with Crippen molar-refractivity contribution in [2.75, 3.05) is 13.2 Å². The molecule has 0 bridgehead atoms. The summed E-state index contributed by atoms with van der Waals surface area (Å²) in [4.78, 5) is 0. The second-order valence-electron chi connectivity index (χ2n) is 7.28. The molecule has 0 unspecified atom stereocenters. The number of rotatable bonds is 14. The monoisotopic (exact) mass is 426 g/mol. The predicted molar refractivity (Wildman–Crippen MR) is 124 cm³/mol. The van der Waals surface area contributed by atoms with E-state index in [2.05, 4.69) is 10.3 Å². The number of ether oxygens (including phenoxy) is 2. The highest BCUT2D eigenvalue weighted by Gasteiger charge is 2.07. The second-order valence-corrected chi connectivity index (χ2v) is 7.28. The van der Waals surface area contributed by atoms with Gasteiger partial charge >= 0.3 is 0 Å². The van der Waals surface area contributed by atoms with Crippen molar-refractivity contribution in [2.24, 2.45) is 10.3 Å². The fraction of sp³-hybridized carbons (Fsp3) is 0.440. The molecule has 168 valence electrons. The van der Waals surface area contributed by atoms with Crippen molar-refractivity contribution in [3.05, 3.63) is 59.7 Å². The summed E-state index contributed by atoms with van der Waals surface area (Å²) in [5, 5.41) is 25.7. The van der Waals surface area contributed by atoms with Crippen LogP contribution >= 0.6 is 0 Å². The van der Waals surface area contributed by atoms with Gasteiger partial charge in [-0.2, -0.15) is 0 Å². The molecule has 0 heterocycles. The maximum Gasteiger partial charge on any atom is 0.119 e. The van der Waals surface area contributed by atoms with E-state index in [1.165, 1.54) is 0 Å². The van der Waals surface area contributed by atoms with Gasteiger partial charge in [-0.3, -0.25) is 0 Å². The van der Waals surface area contributed by atoms with Crippen LogP contribution in [0.5, 0.6) is 11.5 Å². The summed E-state index contributed by atoms with van der Waals surface area (Å²) in [5.41, 5.74) is 3.25. The number of nitrogens with zero attached hydrogens (tertiary/aromatic N) is 2. The van der Waals surface area contributed by atoms with Crippen LogP contribution in [-0.4, -0.2) is 35.1 Å². The molecule has 0 aliphatic heterocycles. The highest BCUT2D eigenvalue weighted by molar-refractivity contribution is 6.00. The van der Waals surface area contributed by atoms with Gasteiger partial charge in [0.2, 0.25) is 0 Å². The van der Waals surface area contributed by atoms with Gasteiger partial charge in [0, 0.05) is 0 Å². The van der Waals surface area contributed by atoms with Crippen LogP contribution in [0, 0.1) is 0 Å². The molecule has 6 heteroatoms. The van der Waals surface area contributed by atoms with Gasteiger partial charge < -0.3 is 19.9 Å². The minimum absolute atomic E-state index is 0.631. The summed E-state index contributed by atoms with van der Waals surface area (Å²) in [7, 11) is 0. The molecule has 2 rings (SSSR count). The quantitative estimate of drug-likeness (QED) is 0.161. The van der Waals surface area contributed by atoms with Crippen molar-refractivity contribution < 1.29 is 19.9 Å². The third kappa shape index (κ3) is 8.32. The molecule has 0 saturated heterocycles. The molecule has 0 fully saturated rings. The molecule has 2 N–H and O–H groups in total. The highest BCUT2D eigenvalue weighted by Crippen LogP contribution is 2.18. The van der Waals surface area contributed by atoms with Crippen LogP contribution in [0.1, 0.15) is 69.9 Å². The number of unbranched alkanes of at least 4 members (excludes halogenated alkanes) is 4. The molecule has 0 radical (unpaired) electrons. The van der Waals surface area contributed by atoms with E-state index < -0.39 is 0 Å². The Labute approximate surface area is 185 Å². The van der Waals surface area contributed by atoms with Crippen molar-refractivity contribution in [3.8, 4) is 11.5 Å². The number of hydrogen-bond acceptors (Lipinski definition) is 6. The summed E-state index contributed by atoms with van der Waals surface area (Å²) in [6.07, 6.45) is 6.61. The smallest absolute Gasteiger partial charge is 0.119 e. The SMILES string of the molecule is CCOc1ccc(/C(CCCCCCC/C(=N/O)c2ccc(OCC)cc2)=N\O)cc1. The van der Waals surface area contributed by atoms with Crippen LogP contribution in [0.4, 0.5) is 0 Å². The van der Waals surface area contributed by atoms with Crippen LogP contribution in [0.3, 0.4) is 0 Å². The Bertz CT molecular complexity index is 745. The first-order valence-corrected chi connectivity index (χ1v) is 11.1. The number of benzene rings is 2. The molecule has 0 aliphatic rings. The first-order chi connectivity index (χ1) is 15.2. The number of oxime groups is 2. The van der Waals surface area contributed by atoms with Gasteiger partial charge in [0.15, 0.2) is 0 Å². The molecule has 0 aliphatic carbocycles. The Morgan fingerprint density at radius 3 is 1.29 bits per heavy atom. The van der Waals surface area contributed by atoms with Crippen molar-refractivity contribution in [2.45, 2.75) is 58.8 Å². The van der Waals surface area contributed by atoms with E-state index in [4.69, 9.17) is 9.47 Å². The molecule has 2 aromatic rings. The standard InChI is InChI=1S/C25H34N2O4/c1-3-30-22-16-12-20(13-17-22)24(26-28)10-8-6-5-7-9-11-25(27-29)21-14-18-23(19-15-21)31-4-2/h12-19,28-29H,3-11H2,1-2H3/b26-24-,27-25-. The van der Waals surface area contributed by atoms with Gasteiger partial charge in [0.25, 0.3) is 0 Å². The first-order valence-electron chi connectivity index (χ1n) is 11.1. The lowest BCUT2D eigenvalue weighted by molar-refractivity contribution is 0.317. The minimum atomic E-state index is 0.631. The van der Waals surface area contributed by atoms with Crippen molar-refractivity contribution in [3.63, 3.8) is 0 Å². The molecule has 0 aromatic heterocycles. The summed E-state index contributed by atoms with van der Waals surface area (Å²) in [5.74, 6) is 1.64. The molecule has 0 spiro atoms. The minimum Gasteiger partial charge on any atom is -0.494 e. The van der Waals surface area contributed by atoms with Gasteiger partial charge in [-0.25, -0.2) is 0 Å². The van der Waals surface area contributed by atoms with Crippen LogP contribution in [-0.2, 0) is 0 Å². The van der Waals surface area contributed by atoms with Crippen molar-refractivity contribution in [1.82, 2.24) is 0 Å². The zero-order chi connectivity index (χ0) is 22.3. The molecular formula is C25H34N2O4. The average molecular weight is 427 g/mol. The Morgan fingerprint density at radius 1 is 0.613 bits per heavy atom. The predicted octanol–water partition coefficient (Wildman–Crippen LogP) is 6.27. The maximum absolute atomic E-state index is 9.35. The second kappa shape index (κ2) is 14.1. The van der Waals surface area contributed by atoms with Crippen LogP contribution in [0.2, 0.25) is 0 Å². The van der Waals surface area contributed by atoms with Gasteiger partial charge in [0.1, 0.15) is 11.5 Å². The lowest BCUT2D eigenvalue weighted by Gasteiger charge is -2.08. The highest BCUT2D eigenvalue weighted by atomic mass is 16.5. The Morgan fingerprint density at radius 2 is 0.968 bits per heavy atom. The summed E-state index contributed by atoms with van der Waals surface area (Å²) < 4.78 is 10.9. The zero-order valence-corrected chi connectivity index (χ0v) is 18.6. The Hall–Kier alpha value is -3.02.